The van der Waals surface area contributed by atoms with E-state index in [-0.39, 0.29) is 12.4 Å². The highest BCUT2D eigenvalue weighted by Gasteiger charge is 2.30. The molecule has 0 bridgehead atoms. The number of oxazole rings is 1. The molecule has 2 aromatic carbocycles. The minimum Gasteiger partial charge on any atom is -0.441 e. The smallest absolute Gasteiger partial charge is 0.416 e. The number of alkyl halides is 3. The molecule has 3 heterocycles. The molecule has 5 rings (SSSR count). The van der Waals surface area contributed by atoms with Crippen molar-refractivity contribution in [2.75, 3.05) is 25.4 Å². The van der Waals surface area contributed by atoms with Crippen molar-refractivity contribution in [2.24, 2.45) is 7.05 Å². The molecule has 0 spiro atoms. The molecule has 0 radical (unpaired) electrons. The molecule has 2 aromatic heterocycles. The Morgan fingerprint density at radius 1 is 1.03 bits per heavy atom. The normalized spacial score (nSPS) is 14.4. The lowest BCUT2D eigenvalue weighted by molar-refractivity contribution is -0.137. The molecule has 6 nitrogen and oxygen atoms in total. The minimum absolute atomic E-state index is 0. The Bertz CT molecular complexity index is 1310. The molecule has 0 unspecified atom stereocenters. The van der Waals surface area contributed by atoms with Gasteiger partial charge in [0.25, 0.3) is 0 Å². The summed E-state index contributed by atoms with van der Waals surface area (Å²) in [5, 5.41) is 9.21. The molecule has 4 aromatic rings. The number of hydrogen-bond donors (Lipinski definition) is 0. The van der Waals surface area contributed by atoms with Gasteiger partial charge in [-0.2, -0.15) is 13.2 Å². The molecule has 1 aliphatic heterocycles. The number of benzene rings is 2. The number of hydrogen-bond acceptors (Lipinski definition) is 6. The van der Waals surface area contributed by atoms with Crippen LogP contribution in [-0.2, 0) is 32.5 Å². The molecule has 0 N–H and O–H groups in total. The predicted octanol–water partition coefficient (Wildman–Crippen LogP) is 6.21. The monoisotopic (exact) mass is 551 g/mol. The van der Waals surface area contributed by atoms with Gasteiger partial charge in [0.2, 0.25) is 0 Å². The Hall–Kier alpha value is -2.56. The maximum Gasteiger partial charge on any atom is 0.416 e. The first-order valence-electron chi connectivity index (χ1n) is 12.1. The van der Waals surface area contributed by atoms with E-state index in [4.69, 9.17) is 4.42 Å². The van der Waals surface area contributed by atoms with Crippen LogP contribution in [0.1, 0.15) is 35.9 Å². The van der Waals surface area contributed by atoms with Gasteiger partial charge in [-0.25, -0.2) is 4.98 Å². The molecule has 0 fully saturated rings. The number of halogens is 4. The van der Waals surface area contributed by atoms with Crippen LogP contribution in [0.2, 0.25) is 0 Å². The van der Waals surface area contributed by atoms with E-state index in [0.717, 1.165) is 85.4 Å². The Morgan fingerprint density at radius 3 is 2.41 bits per heavy atom. The van der Waals surface area contributed by atoms with E-state index in [9.17, 15) is 13.2 Å². The average molecular weight is 552 g/mol. The lowest BCUT2D eigenvalue weighted by atomic mass is 10.0. The molecular weight excluding hydrogens is 523 g/mol. The molecule has 0 saturated heterocycles. The Balaban J connectivity index is 0.00000320. The highest BCUT2D eigenvalue weighted by molar-refractivity contribution is 7.99. The molecular formula is C26H29ClF3N5OS. The van der Waals surface area contributed by atoms with Crippen LogP contribution in [0.4, 0.5) is 13.2 Å². The summed E-state index contributed by atoms with van der Waals surface area (Å²) in [7, 11) is 1.84. The van der Waals surface area contributed by atoms with Crippen molar-refractivity contribution in [1.29, 1.82) is 0 Å². The third-order valence-corrected chi connectivity index (χ3v) is 7.71. The van der Waals surface area contributed by atoms with Crippen LogP contribution in [0.3, 0.4) is 0 Å². The molecule has 198 valence electrons. The molecule has 0 amide bonds. The second kappa shape index (κ2) is 11.4. The van der Waals surface area contributed by atoms with Crippen molar-refractivity contribution < 1.29 is 17.6 Å². The topological polar surface area (TPSA) is 60.0 Å². The summed E-state index contributed by atoms with van der Waals surface area (Å²) >= 11 is 1.62. The van der Waals surface area contributed by atoms with Gasteiger partial charge in [-0.15, -0.1) is 22.6 Å². The van der Waals surface area contributed by atoms with Gasteiger partial charge in [-0.3, -0.25) is 0 Å². The van der Waals surface area contributed by atoms with Gasteiger partial charge in [0.05, 0.1) is 5.56 Å². The number of fused-ring (bicyclic) bond motifs is 2. The third-order valence-electron chi connectivity index (χ3n) is 6.61. The van der Waals surface area contributed by atoms with Gasteiger partial charge in [0, 0.05) is 37.9 Å². The summed E-state index contributed by atoms with van der Waals surface area (Å²) in [6.45, 7) is 5.08. The Kier molecular flexibility index (Phi) is 8.50. The van der Waals surface area contributed by atoms with Crippen molar-refractivity contribution in [1.82, 2.24) is 24.6 Å². The van der Waals surface area contributed by atoms with Crippen LogP contribution in [0.25, 0.3) is 22.5 Å². The molecule has 37 heavy (non-hydrogen) atoms. The first-order valence-corrected chi connectivity index (χ1v) is 13.1. The van der Waals surface area contributed by atoms with E-state index in [2.05, 4.69) is 39.1 Å². The number of aryl methyl sites for hydroxylation is 1. The summed E-state index contributed by atoms with van der Waals surface area (Å²) < 4.78 is 46.2. The third kappa shape index (κ3) is 6.13. The summed E-state index contributed by atoms with van der Waals surface area (Å²) in [5.74, 6) is 2.24. The molecule has 11 heteroatoms. The summed E-state index contributed by atoms with van der Waals surface area (Å²) in [6, 6.07) is 9.38. The zero-order valence-electron chi connectivity index (χ0n) is 20.7. The largest absolute Gasteiger partial charge is 0.441 e. The number of aromatic nitrogens is 4. The molecule has 1 aliphatic rings. The van der Waals surface area contributed by atoms with Gasteiger partial charge < -0.3 is 13.9 Å². The lowest BCUT2D eigenvalue weighted by Crippen LogP contribution is -2.27. The maximum absolute atomic E-state index is 12.8. The highest BCUT2D eigenvalue weighted by Crippen LogP contribution is 2.31. The van der Waals surface area contributed by atoms with Crippen LogP contribution < -0.4 is 0 Å². The summed E-state index contributed by atoms with van der Waals surface area (Å²) in [6.07, 6.45) is -0.534. The van der Waals surface area contributed by atoms with E-state index in [1.807, 2.05) is 11.6 Å². The average Bonchev–Trinajstić information content (AvgIpc) is 3.37. The molecule has 0 atom stereocenters. The van der Waals surface area contributed by atoms with Crippen LogP contribution in [-0.4, -0.2) is 50.0 Å². The van der Waals surface area contributed by atoms with Gasteiger partial charge in [0.1, 0.15) is 5.52 Å². The van der Waals surface area contributed by atoms with E-state index in [0.29, 0.717) is 11.4 Å². The van der Waals surface area contributed by atoms with E-state index < -0.39 is 11.7 Å². The number of rotatable bonds is 7. The fourth-order valence-electron chi connectivity index (χ4n) is 4.57. The maximum atomic E-state index is 12.8. The predicted molar refractivity (Wildman–Crippen MR) is 141 cm³/mol. The van der Waals surface area contributed by atoms with Crippen LogP contribution in [0.15, 0.2) is 46.0 Å². The minimum atomic E-state index is -4.35. The van der Waals surface area contributed by atoms with Crippen molar-refractivity contribution in [2.45, 2.75) is 43.9 Å². The SMILES string of the molecule is CCc1nc2cc3c(cc2o1)CCN(CCCSc1nnc(-c2ccc(C(F)(F)F)cc2)n1C)CC3.Cl. The van der Waals surface area contributed by atoms with Gasteiger partial charge in [-0.1, -0.05) is 30.8 Å². The van der Waals surface area contributed by atoms with Gasteiger partial charge >= 0.3 is 6.18 Å². The summed E-state index contributed by atoms with van der Waals surface area (Å²) in [4.78, 5) is 7.08. The van der Waals surface area contributed by atoms with Gasteiger partial charge in [0.15, 0.2) is 22.5 Å². The number of thioether (sulfide) groups is 1. The van der Waals surface area contributed by atoms with Crippen molar-refractivity contribution in [3.05, 3.63) is 59.0 Å². The first-order chi connectivity index (χ1) is 17.3. The molecule has 0 saturated carbocycles. The fourth-order valence-corrected chi connectivity index (χ4v) is 5.40. The lowest BCUT2D eigenvalue weighted by Gasteiger charge is -2.19. The van der Waals surface area contributed by atoms with Crippen LogP contribution >= 0.6 is 24.2 Å². The van der Waals surface area contributed by atoms with Crippen molar-refractivity contribution >= 4 is 35.3 Å². The first kappa shape index (κ1) is 27.5. The second-order valence-electron chi connectivity index (χ2n) is 9.03. The Morgan fingerprint density at radius 2 is 1.73 bits per heavy atom. The van der Waals surface area contributed by atoms with Crippen molar-refractivity contribution in [3.8, 4) is 11.4 Å². The Labute approximate surface area is 224 Å². The fraction of sp³-hybridized carbons (Fsp3) is 0.423. The standard InChI is InChI=1S/C26H28F3N5OS.ClH/c1-3-23-30-21-15-18-9-12-34(13-10-19(18)16-22(21)35-23)11-4-14-36-25-32-31-24(33(25)2)17-5-7-20(8-6-17)26(27,28)29;/h5-8,15-16H,3-4,9-14H2,1-2H3;1H. The van der Waals surface area contributed by atoms with E-state index >= 15 is 0 Å². The van der Waals surface area contributed by atoms with E-state index in [1.165, 1.54) is 23.3 Å². The zero-order valence-corrected chi connectivity index (χ0v) is 22.3. The second-order valence-corrected chi connectivity index (χ2v) is 10.1. The highest BCUT2D eigenvalue weighted by atomic mass is 35.5. The van der Waals surface area contributed by atoms with E-state index in [1.54, 1.807) is 11.8 Å². The number of nitrogens with zero attached hydrogens (tertiary/aromatic N) is 5. The van der Waals surface area contributed by atoms with Gasteiger partial charge in [-0.05, 0) is 61.2 Å². The summed E-state index contributed by atoms with van der Waals surface area (Å²) in [5.41, 5.74) is 4.50. The molecule has 0 aliphatic carbocycles. The zero-order chi connectivity index (χ0) is 25.3. The quantitative estimate of drug-likeness (QED) is 0.201. The van der Waals surface area contributed by atoms with Crippen molar-refractivity contribution in [3.63, 3.8) is 0 Å². The van der Waals surface area contributed by atoms with Crippen LogP contribution in [0.5, 0.6) is 0 Å². The van der Waals surface area contributed by atoms with Crippen LogP contribution in [0, 0.1) is 0 Å².